The Balaban J connectivity index is 1.81. The van der Waals surface area contributed by atoms with E-state index < -0.39 is 0 Å². The largest absolute Gasteiger partial charge is 0.481 e. The van der Waals surface area contributed by atoms with Crippen LogP contribution in [0.2, 0.25) is 0 Å². The quantitative estimate of drug-likeness (QED) is 0.823. The van der Waals surface area contributed by atoms with E-state index in [0.29, 0.717) is 12.3 Å². The molecule has 132 valence electrons. The fourth-order valence-corrected chi connectivity index (χ4v) is 3.84. The predicted octanol–water partition coefficient (Wildman–Crippen LogP) is 1.01. The summed E-state index contributed by atoms with van der Waals surface area (Å²) in [4.78, 5) is 27.5. The summed E-state index contributed by atoms with van der Waals surface area (Å²) in [5.74, 6) is 1.77. The summed E-state index contributed by atoms with van der Waals surface area (Å²) in [6.07, 6.45) is 4.08. The number of amides is 1. The molecule has 0 bridgehead atoms. The molecule has 2 aliphatic heterocycles. The van der Waals surface area contributed by atoms with Crippen LogP contribution in [0.15, 0.2) is 12.4 Å². The fourth-order valence-electron chi connectivity index (χ4n) is 3.84. The first-order valence-corrected chi connectivity index (χ1v) is 8.68. The standard InChI is InChI=1S/C17H27N5O2/c1-4-21-8-7-17(6-5-16(21)23)12-22(10-9-20(17)2)14-11-15(24-3)19-13-18-14/h11,13H,4-10,12H2,1-3H3/t17-/m0/s1. The third kappa shape index (κ3) is 3.17. The molecule has 1 amide bonds. The number of ether oxygens (including phenoxy) is 1. The Hall–Kier alpha value is -1.89. The molecule has 0 N–H and O–H groups in total. The molecule has 0 radical (unpaired) electrons. The first-order valence-electron chi connectivity index (χ1n) is 8.68. The fraction of sp³-hybridized carbons (Fsp3) is 0.706. The summed E-state index contributed by atoms with van der Waals surface area (Å²) >= 11 is 0. The van der Waals surface area contributed by atoms with Crippen molar-refractivity contribution in [3.63, 3.8) is 0 Å². The number of anilines is 1. The van der Waals surface area contributed by atoms with Gasteiger partial charge in [0.25, 0.3) is 0 Å². The van der Waals surface area contributed by atoms with E-state index in [2.05, 4.69) is 33.7 Å². The molecule has 2 fully saturated rings. The third-order valence-electron chi connectivity index (χ3n) is 5.55. The first kappa shape index (κ1) is 17.0. The summed E-state index contributed by atoms with van der Waals surface area (Å²) < 4.78 is 5.23. The van der Waals surface area contributed by atoms with Gasteiger partial charge in [0, 0.05) is 50.7 Å². The van der Waals surface area contributed by atoms with Crippen molar-refractivity contribution in [1.82, 2.24) is 19.8 Å². The van der Waals surface area contributed by atoms with Crippen molar-refractivity contribution in [3.05, 3.63) is 12.4 Å². The van der Waals surface area contributed by atoms with Crippen LogP contribution in [0.5, 0.6) is 5.88 Å². The molecule has 0 saturated carbocycles. The van der Waals surface area contributed by atoms with Crippen molar-refractivity contribution < 1.29 is 9.53 Å². The average Bonchev–Trinajstić information content (AvgIpc) is 2.77. The van der Waals surface area contributed by atoms with Gasteiger partial charge in [-0.3, -0.25) is 9.69 Å². The molecule has 1 aromatic heterocycles. The summed E-state index contributed by atoms with van der Waals surface area (Å²) in [5, 5.41) is 0. The van der Waals surface area contributed by atoms with Gasteiger partial charge in [-0.15, -0.1) is 0 Å². The smallest absolute Gasteiger partial charge is 0.222 e. The second-order valence-electron chi connectivity index (χ2n) is 6.71. The van der Waals surface area contributed by atoms with Crippen molar-refractivity contribution in [2.24, 2.45) is 0 Å². The highest BCUT2D eigenvalue weighted by Gasteiger charge is 2.42. The van der Waals surface area contributed by atoms with Crippen molar-refractivity contribution in [2.75, 3.05) is 51.8 Å². The van der Waals surface area contributed by atoms with Gasteiger partial charge in [-0.25, -0.2) is 9.97 Å². The number of nitrogens with zero attached hydrogens (tertiary/aromatic N) is 5. The van der Waals surface area contributed by atoms with Crippen LogP contribution in [-0.4, -0.2) is 78.1 Å². The minimum atomic E-state index is 0.0238. The number of carbonyl (C=O) groups excluding carboxylic acids is 1. The summed E-state index contributed by atoms with van der Waals surface area (Å²) in [6, 6.07) is 1.89. The number of piperazine rings is 1. The molecule has 3 heterocycles. The molecule has 7 heteroatoms. The molecule has 3 rings (SSSR count). The molecular formula is C17H27N5O2. The predicted molar refractivity (Wildman–Crippen MR) is 92.3 cm³/mol. The van der Waals surface area contributed by atoms with E-state index in [1.54, 1.807) is 13.4 Å². The van der Waals surface area contributed by atoms with Crippen LogP contribution in [0.3, 0.4) is 0 Å². The second kappa shape index (κ2) is 6.93. The van der Waals surface area contributed by atoms with Gasteiger partial charge in [-0.2, -0.15) is 0 Å². The number of hydrogen-bond donors (Lipinski definition) is 0. The van der Waals surface area contributed by atoms with E-state index in [-0.39, 0.29) is 11.4 Å². The van der Waals surface area contributed by atoms with Crippen LogP contribution in [0.4, 0.5) is 5.82 Å². The van der Waals surface area contributed by atoms with E-state index in [1.807, 2.05) is 11.0 Å². The van der Waals surface area contributed by atoms with Crippen LogP contribution < -0.4 is 9.64 Å². The molecule has 0 aromatic carbocycles. The average molecular weight is 333 g/mol. The van der Waals surface area contributed by atoms with Crippen LogP contribution in [0.25, 0.3) is 0 Å². The number of hydrogen-bond acceptors (Lipinski definition) is 6. The van der Waals surface area contributed by atoms with Gasteiger partial charge >= 0.3 is 0 Å². The molecule has 0 unspecified atom stereocenters. The van der Waals surface area contributed by atoms with E-state index in [9.17, 15) is 4.79 Å². The molecular weight excluding hydrogens is 306 g/mol. The number of likely N-dealkylation sites (tertiary alicyclic amines) is 1. The number of rotatable bonds is 3. The minimum absolute atomic E-state index is 0.0238. The van der Waals surface area contributed by atoms with Crippen molar-refractivity contribution in [3.8, 4) is 5.88 Å². The number of likely N-dealkylation sites (N-methyl/N-ethyl adjacent to an activating group) is 1. The third-order valence-corrected chi connectivity index (χ3v) is 5.55. The van der Waals surface area contributed by atoms with E-state index in [1.165, 1.54) is 0 Å². The highest BCUT2D eigenvalue weighted by Crippen LogP contribution is 2.33. The van der Waals surface area contributed by atoms with Crippen molar-refractivity contribution in [2.45, 2.75) is 31.7 Å². The molecule has 1 spiro atoms. The lowest BCUT2D eigenvalue weighted by atomic mass is 9.86. The Kier molecular flexibility index (Phi) is 4.89. The summed E-state index contributed by atoms with van der Waals surface area (Å²) in [7, 11) is 3.80. The number of aromatic nitrogens is 2. The normalized spacial score (nSPS) is 25.9. The van der Waals surface area contributed by atoms with Gasteiger partial charge in [0.2, 0.25) is 11.8 Å². The summed E-state index contributed by atoms with van der Waals surface area (Å²) in [5.41, 5.74) is 0.0238. The topological polar surface area (TPSA) is 61.8 Å². The SMILES string of the molecule is CCN1CC[C@@]2(CCC1=O)CN(c1cc(OC)ncn1)CCN2C. The zero-order valence-corrected chi connectivity index (χ0v) is 14.9. The van der Waals surface area contributed by atoms with Gasteiger partial charge in [-0.05, 0) is 26.8 Å². The highest BCUT2D eigenvalue weighted by molar-refractivity contribution is 5.76. The van der Waals surface area contributed by atoms with Crippen molar-refractivity contribution >= 4 is 11.7 Å². The Morgan fingerprint density at radius 3 is 2.83 bits per heavy atom. The lowest BCUT2D eigenvalue weighted by Crippen LogP contribution is -2.61. The molecule has 2 aliphatic rings. The first-order chi connectivity index (χ1) is 11.6. The van der Waals surface area contributed by atoms with Crippen LogP contribution >= 0.6 is 0 Å². The maximum atomic E-state index is 12.3. The van der Waals surface area contributed by atoms with Crippen LogP contribution in [0.1, 0.15) is 26.2 Å². The molecule has 1 atom stereocenters. The van der Waals surface area contributed by atoms with E-state index >= 15 is 0 Å². The zero-order valence-electron chi connectivity index (χ0n) is 14.9. The zero-order chi connectivity index (χ0) is 17.2. The molecule has 0 aliphatic carbocycles. The van der Waals surface area contributed by atoms with Crippen molar-refractivity contribution in [1.29, 1.82) is 0 Å². The van der Waals surface area contributed by atoms with Gasteiger partial charge < -0.3 is 14.5 Å². The van der Waals surface area contributed by atoms with E-state index in [4.69, 9.17) is 4.74 Å². The lowest BCUT2D eigenvalue weighted by Gasteiger charge is -2.49. The lowest BCUT2D eigenvalue weighted by molar-refractivity contribution is -0.130. The second-order valence-corrected chi connectivity index (χ2v) is 6.71. The Labute approximate surface area is 143 Å². The molecule has 2 saturated heterocycles. The Morgan fingerprint density at radius 2 is 2.08 bits per heavy atom. The Bertz CT molecular complexity index is 596. The molecule has 24 heavy (non-hydrogen) atoms. The van der Waals surface area contributed by atoms with Crippen LogP contribution in [-0.2, 0) is 4.79 Å². The van der Waals surface area contributed by atoms with Gasteiger partial charge in [0.1, 0.15) is 12.1 Å². The summed E-state index contributed by atoms with van der Waals surface area (Å²) in [6.45, 7) is 6.46. The van der Waals surface area contributed by atoms with E-state index in [0.717, 1.165) is 51.4 Å². The van der Waals surface area contributed by atoms with Gasteiger partial charge in [-0.1, -0.05) is 0 Å². The number of methoxy groups -OCH3 is 1. The van der Waals surface area contributed by atoms with Crippen LogP contribution in [0, 0.1) is 0 Å². The van der Waals surface area contributed by atoms with Gasteiger partial charge in [0.15, 0.2) is 0 Å². The maximum absolute atomic E-state index is 12.3. The minimum Gasteiger partial charge on any atom is -0.481 e. The monoisotopic (exact) mass is 333 g/mol. The molecule has 1 aromatic rings. The maximum Gasteiger partial charge on any atom is 0.222 e. The number of carbonyl (C=O) groups is 1. The molecule has 7 nitrogen and oxygen atoms in total. The van der Waals surface area contributed by atoms with Gasteiger partial charge in [0.05, 0.1) is 7.11 Å². The Morgan fingerprint density at radius 1 is 1.25 bits per heavy atom. The highest BCUT2D eigenvalue weighted by atomic mass is 16.5.